The van der Waals surface area contributed by atoms with Gasteiger partial charge in [0.1, 0.15) is 18.1 Å². The lowest BCUT2D eigenvalue weighted by Crippen LogP contribution is -2.33. The quantitative estimate of drug-likeness (QED) is 0.657. The van der Waals surface area contributed by atoms with E-state index in [1.807, 2.05) is 6.07 Å². The van der Waals surface area contributed by atoms with Crippen LogP contribution < -0.4 is 10.4 Å². The Labute approximate surface area is 158 Å². The molecule has 0 N–H and O–H groups in total. The highest BCUT2D eigenvalue weighted by atomic mass is 16.5. The van der Waals surface area contributed by atoms with Crippen LogP contribution in [0.3, 0.4) is 0 Å². The number of benzene rings is 2. The number of nitrogens with zero attached hydrogens (tertiary/aromatic N) is 1. The summed E-state index contributed by atoms with van der Waals surface area (Å²) in [6.45, 7) is 2.31. The molecule has 0 saturated carbocycles. The smallest absolute Gasteiger partial charge is 0.339 e. The molecule has 2 heterocycles. The molecule has 0 saturated heterocycles. The van der Waals surface area contributed by atoms with Crippen LogP contribution in [0.5, 0.6) is 5.75 Å². The average Bonchev–Trinajstić information content (AvgIpc) is 3.20. The Morgan fingerprint density at radius 1 is 0.963 bits per heavy atom. The van der Waals surface area contributed by atoms with E-state index in [0.717, 1.165) is 73.0 Å². The normalized spacial score (nSPS) is 16.1. The third kappa shape index (κ3) is 3.04. The average molecular weight is 361 g/mol. The van der Waals surface area contributed by atoms with Gasteiger partial charge in [0.05, 0.1) is 5.56 Å². The van der Waals surface area contributed by atoms with Gasteiger partial charge >= 0.3 is 5.63 Å². The van der Waals surface area contributed by atoms with Crippen LogP contribution in [0.1, 0.15) is 35.1 Å². The van der Waals surface area contributed by atoms with Crippen molar-refractivity contribution >= 4 is 11.0 Å². The molecule has 0 unspecified atom stereocenters. The van der Waals surface area contributed by atoms with E-state index in [1.54, 1.807) is 0 Å². The number of fused-ring (bicyclic) bond motifs is 5. The van der Waals surface area contributed by atoms with E-state index >= 15 is 0 Å². The molecule has 1 aliphatic heterocycles. The Kier molecular flexibility index (Phi) is 4.21. The first-order valence-electron chi connectivity index (χ1n) is 9.79. The molecule has 3 aromatic rings. The molecule has 138 valence electrons. The molecule has 0 bridgehead atoms. The second-order valence-corrected chi connectivity index (χ2v) is 7.53. The Bertz CT molecular complexity index is 1040. The van der Waals surface area contributed by atoms with E-state index < -0.39 is 0 Å². The van der Waals surface area contributed by atoms with Crippen LogP contribution in [0, 0.1) is 0 Å². The highest BCUT2D eigenvalue weighted by Gasteiger charge is 2.25. The SMILES string of the molecule is O=c1oc2c3c(ccc2c2c1CCC2)OCN(CCCc1ccccc1)C3. The number of hydrogen-bond donors (Lipinski definition) is 0. The lowest BCUT2D eigenvalue weighted by atomic mass is 10.0. The number of aryl methyl sites for hydroxylation is 2. The van der Waals surface area contributed by atoms with Crippen molar-refractivity contribution in [2.75, 3.05) is 13.3 Å². The van der Waals surface area contributed by atoms with Gasteiger partial charge < -0.3 is 9.15 Å². The fourth-order valence-corrected chi connectivity index (χ4v) is 4.39. The van der Waals surface area contributed by atoms with Crippen LogP contribution in [0.15, 0.2) is 51.7 Å². The molecule has 2 aliphatic rings. The van der Waals surface area contributed by atoms with Crippen LogP contribution in [0.2, 0.25) is 0 Å². The van der Waals surface area contributed by atoms with Crippen LogP contribution in [0.25, 0.3) is 11.0 Å². The van der Waals surface area contributed by atoms with Crippen LogP contribution in [0.4, 0.5) is 0 Å². The van der Waals surface area contributed by atoms with E-state index in [9.17, 15) is 4.79 Å². The molecule has 2 aromatic carbocycles. The van der Waals surface area contributed by atoms with Gasteiger partial charge in [-0.05, 0) is 55.4 Å². The molecule has 1 aliphatic carbocycles. The maximum absolute atomic E-state index is 12.4. The molecular weight excluding hydrogens is 338 g/mol. The summed E-state index contributed by atoms with van der Waals surface area (Å²) in [7, 11) is 0. The van der Waals surface area contributed by atoms with Crippen molar-refractivity contribution in [3.63, 3.8) is 0 Å². The summed E-state index contributed by atoms with van der Waals surface area (Å²) in [5.74, 6) is 0.850. The Morgan fingerprint density at radius 2 is 1.81 bits per heavy atom. The number of rotatable bonds is 4. The second-order valence-electron chi connectivity index (χ2n) is 7.53. The van der Waals surface area contributed by atoms with Crippen molar-refractivity contribution in [2.45, 2.75) is 38.6 Å². The zero-order valence-corrected chi connectivity index (χ0v) is 15.4. The molecule has 0 spiro atoms. The zero-order chi connectivity index (χ0) is 18.2. The van der Waals surface area contributed by atoms with E-state index in [-0.39, 0.29) is 5.63 Å². The molecule has 5 rings (SSSR count). The van der Waals surface area contributed by atoms with Crippen molar-refractivity contribution < 1.29 is 9.15 Å². The van der Waals surface area contributed by atoms with Gasteiger partial charge in [-0.2, -0.15) is 0 Å². The molecule has 4 heteroatoms. The third-order valence-electron chi connectivity index (χ3n) is 5.77. The van der Waals surface area contributed by atoms with Gasteiger partial charge in [-0.15, -0.1) is 0 Å². The van der Waals surface area contributed by atoms with Gasteiger partial charge in [-0.1, -0.05) is 30.3 Å². The molecule has 1 aromatic heterocycles. The fraction of sp³-hybridized carbons (Fsp3) is 0.348. The Hall–Kier alpha value is -2.59. The lowest BCUT2D eigenvalue weighted by Gasteiger charge is -2.29. The summed E-state index contributed by atoms with van der Waals surface area (Å²) >= 11 is 0. The van der Waals surface area contributed by atoms with Crippen molar-refractivity contribution in [2.24, 2.45) is 0 Å². The van der Waals surface area contributed by atoms with Crippen molar-refractivity contribution in [3.05, 3.63) is 75.1 Å². The number of ether oxygens (including phenoxy) is 1. The largest absolute Gasteiger partial charge is 0.478 e. The topological polar surface area (TPSA) is 42.7 Å². The predicted molar refractivity (Wildman–Crippen MR) is 105 cm³/mol. The summed E-state index contributed by atoms with van der Waals surface area (Å²) in [4.78, 5) is 14.7. The number of hydrogen-bond acceptors (Lipinski definition) is 4. The van der Waals surface area contributed by atoms with Crippen molar-refractivity contribution in [3.8, 4) is 5.75 Å². The highest BCUT2D eigenvalue weighted by molar-refractivity contribution is 5.86. The molecule has 27 heavy (non-hydrogen) atoms. The highest BCUT2D eigenvalue weighted by Crippen LogP contribution is 2.35. The molecule has 4 nitrogen and oxygen atoms in total. The minimum absolute atomic E-state index is 0.162. The summed E-state index contributed by atoms with van der Waals surface area (Å²) in [6.07, 6.45) is 4.98. The van der Waals surface area contributed by atoms with Crippen molar-refractivity contribution in [1.82, 2.24) is 4.90 Å². The monoisotopic (exact) mass is 361 g/mol. The van der Waals surface area contributed by atoms with E-state index in [2.05, 4.69) is 41.3 Å². The van der Waals surface area contributed by atoms with Gasteiger partial charge in [-0.3, -0.25) is 4.90 Å². The van der Waals surface area contributed by atoms with Gasteiger partial charge in [0.15, 0.2) is 0 Å². The first-order valence-corrected chi connectivity index (χ1v) is 9.79. The van der Waals surface area contributed by atoms with Crippen LogP contribution >= 0.6 is 0 Å². The minimum Gasteiger partial charge on any atom is -0.478 e. The van der Waals surface area contributed by atoms with Crippen molar-refractivity contribution in [1.29, 1.82) is 0 Å². The Balaban J connectivity index is 1.39. The van der Waals surface area contributed by atoms with Gasteiger partial charge in [0.2, 0.25) is 0 Å². The molecule has 0 radical (unpaired) electrons. The molecule has 0 atom stereocenters. The first-order chi connectivity index (χ1) is 13.3. The van der Waals surface area contributed by atoms with Gasteiger partial charge in [0.25, 0.3) is 0 Å². The lowest BCUT2D eigenvalue weighted by molar-refractivity contribution is 0.0946. The van der Waals surface area contributed by atoms with Gasteiger partial charge in [-0.25, -0.2) is 4.79 Å². The summed E-state index contributed by atoms with van der Waals surface area (Å²) < 4.78 is 11.7. The molecule has 0 fully saturated rings. The van der Waals surface area contributed by atoms with E-state index in [4.69, 9.17) is 9.15 Å². The second kappa shape index (κ2) is 6.86. The fourth-order valence-electron chi connectivity index (χ4n) is 4.39. The predicted octanol–water partition coefficient (Wildman–Crippen LogP) is 4.07. The maximum atomic E-state index is 12.4. The maximum Gasteiger partial charge on any atom is 0.339 e. The standard InChI is InChI=1S/C23H23NO3/c25-23-19-10-4-9-17(19)18-11-12-21-20(22(18)27-23)14-24(15-26-21)13-5-8-16-6-2-1-3-7-16/h1-3,6-7,11-12H,4-5,8-10,13-15H2. The molecular formula is C23H23NO3. The zero-order valence-electron chi connectivity index (χ0n) is 15.4. The molecule has 0 amide bonds. The van der Waals surface area contributed by atoms with E-state index in [1.165, 1.54) is 11.1 Å². The van der Waals surface area contributed by atoms with E-state index in [0.29, 0.717) is 6.73 Å². The Morgan fingerprint density at radius 3 is 2.70 bits per heavy atom. The third-order valence-corrected chi connectivity index (χ3v) is 5.77. The van der Waals surface area contributed by atoms with Gasteiger partial charge in [0, 0.05) is 24.0 Å². The summed E-state index contributed by atoms with van der Waals surface area (Å²) in [6, 6.07) is 14.7. The summed E-state index contributed by atoms with van der Waals surface area (Å²) in [5.41, 5.74) is 5.01. The van der Waals surface area contributed by atoms with Crippen LogP contribution in [-0.4, -0.2) is 18.2 Å². The first kappa shape index (κ1) is 16.6. The minimum atomic E-state index is -0.162. The summed E-state index contributed by atoms with van der Waals surface area (Å²) in [5, 5.41) is 1.09. The van der Waals surface area contributed by atoms with Crippen LogP contribution in [-0.2, 0) is 25.8 Å².